The number of methoxy groups -OCH3 is 1. The van der Waals surface area contributed by atoms with Gasteiger partial charge in [-0.3, -0.25) is 10.1 Å². The molecule has 0 aliphatic rings. The second-order valence-corrected chi connectivity index (χ2v) is 5.64. The van der Waals surface area contributed by atoms with E-state index in [0.717, 1.165) is 23.5 Å². The quantitative estimate of drug-likeness (QED) is 0.730. The van der Waals surface area contributed by atoms with Gasteiger partial charge in [-0.2, -0.15) is 0 Å². The lowest BCUT2D eigenvalue weighted by atomic mass is 10.1. The third-order valence-corrected chi connectivity index (χ3v) is 3.95. The fourth-order valence-corrected chi connectivity index (χ4v) is 2.69. The highest BCUT2D eigenvalue weighted by Gasteiger charge is 2.16. The molecule has 0 saturated carbocycles. The van der Waals surface area contributed by atoms with Crippen molar-refractivity contribution in [1.29, 1.82) is 0 Å². The Kier molecular flexibility index (Phi) is 4.09. The van der Waals surface area contributed by atoms with Gasteiger partial charge in [-0.25, -0.2) is 19.0 Å². The molecule has 9 heteroatoms. The fraction of sp³-hybridized carbons (Fsp3) is 0.0667. The molecule has 3 aromatic rings. The lowest BCUT2D eigenvalue weighted by Gasteiger charge is -2.02. The summed E-state index contributed by atoms with van der Waals surface area (Å²) in [6, 6.07) is 4.79. The van der Waals surface area contributed by atoms with Crippen LogP contribution in [0.25, 0.3) is 10.8 Å². The smallest absolute Gasteiger partial charge is 0.349 e. The number of carbonyl (C=O) groups is 2. The number of amides is 1. The number of carbonyl (C=O) groups excluding carboxylic acids is 2. The maximum absolute atomic E-state index is 13.3. The van der Waals surface area contributed by atoms with Crippen molar-refractivity contribution in [2.24, 2.45) is 0 Å². The number of ether oxygens (including phenoxy) is 1. The van der Waals surface area contributed by atoms with Crippen molar-refractivity contribution >= 4 is 39.1 Å². The fourth-order valence-electron chi connectivity index (χ4n) is 1.96. The Morgan fingerprint density at radius 2 is 2.12 bits per heavy atom. The number of rotatable bonds is 3. The normalized spacial score (nSPS) is 10.6. The van der Waals surface area contributed by atoms with Crippen LogP contribution in [0.3, 0.4) is 0 Å². The second kappa shape index (κ2) is 6.20. The highest BCUT2D eigenvalue weighted by molar-refractivity contribution is 7.17. The SMILES string of the molecule is COC(=O)c1cnc(NC(=O)c2cc3cc(F)ccc3c(=O)o2)s1. The largest absolute Gasteiger partial charge is 0.465 e. The molecule has 0 radical (unpaired) electrons. The minimum absolute atomic E-state index is 0.127. The standard InChI is InChI=1S/C15H9FN2O5S/c1-22-14(21)11-6-17-15(24-11)18-12(19)10-5-7-4-8(16)2-3-9(7)13(20)23-10/h2-6H,1H3,(H,17,18,19). The topological polar surface area (TPSA) is 98.5 Å². The molecule has 24 heavy (non-hydrogen) atoms. The van der Waals surface area contributed by atoms with Crippen molar-refractivity contribution < 1.29 is 23.1 Å². The molecule has 2 aromatic heterocycles. The summed E-state index contributed by atoms with van der Waals surface area (Å²) in [5.41, 5.74) is -0.757. The minimum Gasteiger partial charge on any atom is -0.465 e. The van der Waals surface area contributed by atoms with Crippen molar-refractivity contribution in [2.45, 2.75) is 0 Å². The van der Waals surface area contributed by atoms with Gasteiger partial charge in [0.05, 0.1) is 18.7 Å². The monoisotopic (exact) mass is 348 g/mol. The molecular weight excluding hydrogens is 339 g/mol. The highest BCUT2D eigenvalue weighted by Crippen LogP contribution is 2.20. The second-order valence-electron chi connectivity index (χ2n) is 4.61. The van der Waals surface area contributed by atoms with Crippen molar-refractivity contribution in [3.8, 4) is 0 Å². The molecule has 1 aromatic carbocycles. The number of hydrogen-bond acceptors (Lipinski definition) is 7. The molecule has 7 nitrogen and oxygen atoms in total. The maximum atomic E-state index is 13.3. The molecule has 2 heterocycles. The Bertz CT molecular complexity index is 1010. The van der Waals surface area contributed by atoms with E-state index in [4.69, 9.17) is 4.42 Å². The third-order valence-electron chi connectivity index (χ3n) is 3.06. The zero-order valence-electron chi connectivity index (χ0n) is 12.2. The summed E-state index contributed by atoms with van der Waals surface area (Å²) in [6.45, 7) is 0. The van der Waals surface area contributed by atoms with E-state index in [2.05, 4.69) is 15.0 Å². The Morgan fingerprint density at radius 1 is 1.33 bits per heavy atom. The molecule has 0 aliphatic carbocycles. The maximum Gasteiger partial charge on any atom is 0.349 e. The van der Waals surface area contributed by atoms with E-state index in [1.54, 1.807) is 0 Å². The van der Waals surface area contributed by atoms with Crippen LogP contribution in [0.2, 0.25) is 0 Å². The first-order chi connectivity index (χ1) is 11.5. The van der Waals surface area contributed by atoms with Crippen molar-refractivity contribution in [2.75, 3.05) is 12.4 Å². The Morgan fingerprint density at radius 3 is 2.88 bits per heavy atom. The van der Waals surface area contributed by atoms with Crippen molar-refractivity contribution in [3.63, 3.8) is 0 Å². The van der Waals surface area contributed by atoms with Crippen LogP contribution < -0.4 is 10.9 Å². The summed E-state index contributed by atoms with van der Waals surface area (Å²) >= 11 is 0.901. The van der Waals surface area contributed by atoms with Gasteiger partial charge in [0.25, 0.3) is 5.91 Å². The molecule has 0 bridgehead atoms. The number of halogens is 1. The Balaban J connectivity index is 1.90. The minimum atomic E-state index is -0.757. The number of thiazole rings is 1. The van der Waals surface area contributed by atoms with E-state index in [1.807, 2.05) is 0 Å². The number of nitrogens with zero attached hydrogens (tertiary/aromatic N) is 1. The number of hydrogen-bond donors (Lipinski definition) is 1. The van der Waals surface area contributed by atoms with Crippen LogP contribution >= 0.6 is 11.3 Å². The molecule has 122 valence electrons. The number of nitrogens with one attached hydrogen (secondary N) is 1. The molecule has 3 rings (SSSR count). The van der Waals surface area contributed by atoms with Gasteiger partial charge < -0.3 is 9.15 Å². The lowest BCUT2D eigenvalue weighted by Crippen LogP contribution is -2.14. The molecule has 1 N–H and O–H groups in total. The van der Waals surface area contributed by atoms with Gasteiger partial charge in [-0.1, -0.05) is 11.3 Å². The molecule has 0 atom stereocenters. The van der Waals surface area contributed by atoms with E-state index in [0.29, 0.717) is 0 Å². The number of fused-ring (bicyclic) bond motifs is 1. The Hall–Kier alpha value is -3.07. The van der Waals surface area contributed by atoms with Crippen molar-refractivity contribution in [3.05, 3.63) is 57.3 Å². The van der Waals surface area contributed by atoms with Crippen LogP contribution in [0.5, 0.6) is 0 Å². The van der Waals surface area contributed by atoms with Crippen LogP contribution in [-0.2, 0) is 4.74 Å². The van der Waals surface area contributed by atoms with Gasteiger partial charge >= 0.3 is 11.6 Å². The molecule has 0 aliphatic heterocycles. The number of anilines is 1. The predicted octanol–water partition coefficient (Wildman–Crippen LogP) is 2.43. The van der Waals surface area contributed by atoms with E-state index >= 15 is 0 Å². The van der Waals surface area contributed by atoms with E-state index < -0.39 is 23.3 Å². The third kappa shape index (κ3) is 3.01. The van der Waals surface area contributed by atoms with Gasteiger partial charge in [0.1, 0.15) is 10.7 Å². The van der Waals surface area contributed by atoms with Gasteiger partial charge in [0, 0.05) is 0 Å². The van der Waals surface area contributed by atoms with Gasteiger partial charge in [-0.15, -0.1) is 0 Å². The molecule has 0 fully saturated rings. The Labute approximate surface area is 137 Å². The van der Waals surface area contributed by atoms with Crippen LogP contribution in [-0.4, -0.2) is 24.0 Å². The summed E-state index contributed by atoms with van der Waals surface area (Å²) in [7, 11) is 1.23. The lowest BCUT2D eigenvalue weighted by molar-refractivity contribution is 0.0606. The number of esters is 1. The molecule has 0 unspecified atom stereocenters. The zero-order valence-corrected chi connectivity index (χ0v) is 13.0. The molecule has 1 amide bonds. The predicted molar refractivity (Wildman–Crippen MR) is 83.8 cm³/mol. The van der Waals surface area contributed by atoms with E-state index in [9.17, 15) is 18.8 Å². The highest BCUT2D eigenvalue weighted by atomic mass is 32.1. The zero-order chi connectivity index (χ0) is 17.3. The van der Waals surface area contributed by atoms with E-state index in [-0.39, 0.29) is 26.5 Å². The molecule has 0 spiro atoms. The number of aromatic nitrogens is 1. The van der Waals surface area contributed by atoms with Crippen LogP contribution in [0.1, 0.15) is 20.2 Å². The molecule has 0 saturated heterocycles. The summed E-state index contributed by atoms with van der Waals surface area (Å²) < 4.78 is 22.7. The first kappa shape index (κ1) is 15.8. The van der Waals surface area contributed by atoms with E-state index in [1.165, 1.54) is 25.4 Å². The van der Waals surface area contributed by atoms with Crippen LogP contribution in [0, 0.1) is 5.82 Å². The van der Waals surface area contributed by atoms with Gasteiger partial charge in [0.15, 0.2) is 10.9 Å². The summed E-state index contributed by atoms with van der Waals surface area (Å²) in [6.07, 6.45) is 1.25. The van der Waals surface area contributed by atoms with Gasteiger partial charge in [-0.05, 0) is 29.7 Å². The summed E-state index contributed by atoms with van der Waals surface area (Å²) in [5.74, 6) is -2.17. The first-order valence-corrected chi connectivity index (χ1v) is 7.38. The summed E-state index contributed by atoms with van der Waals surface area (Å²) in [5, 5.41) is 2.93. The first-order valence-electron chi connectivity index (χ1n) is 6.57. The van der Waals surface area contributed by atoms with Crippen LogP contribution in [0.4, 0.5) is 9.52 Å². The average Bonchev–Trinajstić information content (AvgIpc) is 3.02. The molecular formula is C15H9FN2O5S. The van der Waals surface area contributed by atoms with Crippen LogP contribution in [0.15, 0.2) is 39.7 Å². The van der Waals surface area contributed by atoms with Gasteiger partial charge in [0.2, 0.25) is 0 Å². The number of benzene rings is 1. The summed E-state index contributed by atoms with van der Waals surface area (Å²) in [4.78, 5) is 39.4. The van der Waals surface area contributed by atoms with Crippen molar-refractivity contribution in [1.82, 2.24) is 4.98 Å². The average molecular weight is 348 g/mol.